The lowest BCUT2D eigenvalue weighted by molar-refractivity contribution is 0.670. The van der Waals surface area contributed by atoms with Crippen molar-refractivity contribution in [3.05, 3.63) is 36.0 Å². The summed E-state index contributed by atoms with van der Waals surface area (Å²) in [5.74, 6) is 0. The summed E-state index contributed by atoms with van der Waals surface area (Å²) in [5, 5.41) is 4.63. The number of pyridine rings is 1. The monoisotopic (exact) mass is 285 g/mol. The molecule has 3 nitrogen and oxygen atoms in total. The zero-order valence-corrected chi connectivity index (χ0v) is 13.7. The van der Waals surface area contributed by atoms with Crippen LogP contribution in [0.5, 0.6) is 0 Å². The Morgan fingerprint density at radius 3 is 2.62 bits per heavy atom. The van der Waals surface area contributed by atoms with Gasteiger partial charge >= 0.3 is 0 Å². The first kappa shape index (κ1) is 15.8. The fraction of sp³-hybridized carbons (Fsp3) is 0.500. The van der Waals surface area contributed by atoms with Crippen LogP contribution in [-0.2, 0) is 6.54 Å². The Morgan fingerprint density at radius 2 is 1.95 bits per heavy atom. The topological polar surface area (TPSA) is 28.2 Å². The van der Waals surface area contributed by atoms with Crippen molar-refractivity contribution in [2.24, 2.45) is 0 Å². The number of rotatable bonds is 7. The zero-order valence-electron chi connectivity index (χ0n) is 13.7. The quantitative estimate of drug-likeness (QED) is 0.834. The minimum Gasteiger partial charge on any atom is -0.369 e. The van der Waals surface area contributed by atoms with E-state index in [4.69, 9.17) is 4.98 Å². The van der Waals surface area contributed by atoms with Crippen LogP contribution in [-0.4, -0.2) is 24.1 Å². The molecule has 21 heavy (non-hydrogen) atoms. The Kier molecular flexibility index (Phi) is 5.57. The smallest absolute Gasteiger partial charge is 0.0726 e. The van der Waals surface area contributed by atoms with Gasteiger partial charge in [-0.15, -0.1) is 0 Å². The zero-order chi connectivity index (χ0) is 15.2. The molecule has 3 heteroatoms. The predicted octanol–water partition coefficient (Wildman–Crippen LogP) is 3.97. The molecule has 0 unspecified atom stereocenters. The Balaban J connectivity index is 2.52. The summed E-state index contributed by atoms with van der Waals surface area (Å²) in [6, 6.07) is 11.2. The summed E-state index contributed by atoms with van der Waals surface area (Å²) in [6.07, 6.45) is 1.15. The minimum absolute atomic E-state index is 0.489. The molecule has 0 spiro atoms. The van der Waals surface area contributed by atoms with E-state index in [9.17, 15) is 0 Å². The molecule has 1 aromatic heterocycles. The van der Waals surface area contributed by atoms with Gasteiger partial charge < -0.3 is 10.2 Å². The second kappa shape index (κ2) is 7.41. The molecule has 1 N–H and O–H groups in total. The number of hydrogen-bond acceptors (Lipinski definition) is 3. The maximum absolute atomic E-state index is 4.79. The van der Waals surface area contributed by atoms with E-state index < -0.39 is 0 Å². The molecule has 0 aliphatic heterocycles. The number of para-hydroxylation sites is 1. The average Bonchev–Trinajstić information content (AvgIpc) is 2.49. The predicted molar refractivity (Wildman–Crippen MR) is 91.9 cm³/mol. The minimum atomic E-state index is 0.489. The molecule has 1 aromatic carbocycles. The third kappa shape index (κ3) is 3.73. The highest BCUT2D eigenvalue weighted by atomic mass is 15.2. The van der Waals surface area contributed by atoms with Gasteiger partial charge in [-0.05, 0) is 38.9 Å². The first-order chi connectivity index (χ1) is 10.2. The van der Waals surface area contributed by atoms with Crippen LogP contribution in [0.25, 0.3) is 10.9 Å². The molecule has 0 aliphatic carbocycles. The normalized spacial score (nSPS) is 11.3. The molecule has 2 rings (SSSR count). The van der Waals surface area contributed by atoms with Gasteiger partial charge in [-0.25, -0.2) is 0 Å². The maximum atomic E-state index is 4.79. The second-order valence-corrected chi connectivity index (χ2v) is 5.72. The fourth-order valence-electron chi connectivity index (χ4n) is 2.69. The molecule has 0 saturated carbocycles. The SMILES string of the molecule is CCCN(c1cc(CNCC)nc2ccccc12)C(C)C. The van der Waals surface area contributed by atoms with Crippen LogP contribution in [0.15, 0.2) is 30.3 Å². The Bertz CT molecular complexity index is 578. The van der Waals surface area contributed by atoms with Crippen LogP contribution in [0.2, 0.25) is 0 Å². The molecule has 0 aliphatic rings. The van der Waals surface area contributed by atoms with Crippen molar-refractivity contribution in [1.29, 1.82) is 0 Å². The van der Waals surface area contributed by atoms with Gasteiger partial charge in [0.25, 0.3) is 0 Å². The highest BCUT2D eigenvalue weighted by molar-refractivity contribution is 5.92. The third-order valence-corrected chi connectivity index (χ3v) is 3.70. The lowest BCUT2D eigenvalue weighted by Crippen LogP contribution is -2.32. The summed E-state index contributed by atoms with van der Waals surface area (Å²) in [4.78, 5) is 7.27. The number of benzene rings is 1. The Morgan fingerprint density at radius 1 is 1.19 bits per heavy atom. The molecule has 0 amide bonds. The van der Waals surface area contributed by atoms with E-state index in [0.29, 0.717) is 6.04 Å². The summed E-state index contributed by atoms with van der Waals surface area (Å²) in [5.41, 5.74) is 3.52. The number of hydrogen-bond donors (Lipinski definition) is 1. The fourth-order valence-corrected chi connectivity index (χ4v) is 2.69. The molecule has 0 atom stereocenters. The highest BCUT2D eigenvalue weighted by Crippen LogP contribution is 2.28. The van der Waals surface area contributed by atoms with E-state index in [-0.39, 0.29) is 0 Å². The molecule has 2 aromatic rings. The van der Waals surface area contributed by atoms with Gasteiger partial charge in [-0.3, -0.25) is 4.98 Å². The first-order valence-corrected chi connectivity index (χ1v) is 8.03. The molecule has 114 valence electrons. The molecule has 0 saturated heterocycles. The van der Waals surface area contributed by atoms with Crippen molar-refractivity contribution in [1.82, 2.24) is 10.3 Å². The number of nitrogens with one attached hydrogen (secondary N) is 1. The number of anilines is 1. The van der Waals surface area contributed by atoms with E-state index in [1.54, 1.807) is 0 Å². The Hall–Kier alpha value is -1.61. The Labute approximate surface area is 128 Å². The van der Waals surface area contributed by atoms with E-state index >= 15 is 0 Å². The van der Waals surface area contributed by atoms with Crippen LogP contribution < -0.4 is 10.2 Å². The van der Waals surface area contributed by atoms with E-state index in [0.717, 1.165) is 37.3 Å². The van der Waals surface area contributed by atoms with Crippen LogP contribution >= 0.6 is 0 Å². The first-order valence-electron chi connectivity index (χ1n) is 8.03. The lowest BCUT2D eigenvalue weighted by Gasteiger charge is -2.30. The van der Waals surface area contributed by atoms with Crippen molar-refractivity contribution in [3.63, 3.8) is 0 Å². The van der Waals surface area contributed by atoms with Crippen LogP contribution in [0, 0.1) is 0 Å². The summed E-state index contributed by atoms with van der Waals surface area (Å²) >= 11 is 0. The number of nitrogens with zero attached hydrogens (tertiary/aromatic N) is 2. The van der Waals surface area contributed by atoms with E-state index in [1.807, 2.05) is 0 Å². The maximum Gasteiger partial charge on any atom is 0.0726 e. The molecule has 0 fully saturated rings. The summed E-state index contributed by atoms with van der Waals surface area (Å²) in [7, 11) is 0. The number of fused-ring (bicyclic) bond motifs is 1. The van der Waals surface area contributed by atoms with Gasteiger partial charge in [-0.2, -0.15) is 0 Å². The standard InChI is InChI=1S/C18H27N3/c1-5-11-21(14(3)4)18-12-15(13-19-6-2)20-17-10-8-7-9-16(17)18/h7-10,12,14,19H,5-6,11,13H2,1-4H3. The van der Waals surface area contributed by atoms with Gasteiger partial charge in [0, 0.05) is 30.2 Å². The van der Waals surface area contributed by atoms with E-state index in [2.05, 4.69) is 68.2 Å². The van der Waals surface area contributed by atoms with Gasteiger partial charge in [0.15, 0.2) is 0 Å². The third-order valence-electron chi connectivity index (χ3n) is 3.70. The summed E-state index contributed by atoms with van der Waals surface area (Å²) < 4.78 is 0. The molecular weight excluding hydrogens is 258 g/mol. The van der Waals surface area contributed by atoms with Crippen molar-refractivity contribution in [2.45, 2.75) is 46.7 Å². The molecular formula is C18H27N3. The van der Waals surface area contributed by atoms with Crippen molar-refractivity contribution < 1.29 is 0 Å². The van der Waals surface area contributed by atoms with E-state index in [1.165, 1.54) is 11.1 Å². The van der Waals surface area contributed by atoms with Gasteiger partial charge in [0.2, 0.25) is 0 Å². The van der Waals surface area contributed by atoms with Crippen LogP contribution in [0.4, 0.5) is 5.69 Å². The lowest BCUT2D eigenvalue weighted by atomic mass is 10.1. The molecule has 0 radical (unpaired) electrons. The van der Waals surface area contributed by atoms with Gasteiger partial charge in [-0.1, -0.05) is 32.0 Å². The van der Waals surface area contributed by atoms with Crippen molar-refractivity contribution in [2.75, 3.05) is 18.0 Å². The number of aromatic nitrogens is 1. The summed E-state index contributed by atoms with van der Waals surface area (Å²) in [6.45, 7) is 11.7. The van der Waals surface area contributed by atoms with Crippen LogP contribution in [0.1, 0.15) is 39.8 Å². The highest BCUT2D eigenvalue weighted by Gasteiger charge is 2.14. The van der Waals surface area contributed by atoms with Crippen molar-refractivity contribution >= 4 is 16.6 Å². The molecule has 1 heterocycles. The van der Waals surface area contributed by atoms with Crippen LogP contribution in [0.3, 0.4) is 0 Å². The largest absolute Gasteiger partial charge is 0.369 e. The van der Waals surface area contributed by atoms with Gasteiger partial charge in [0.1, 0.15) is 0 Å². The molecule has 0 bridgehead atoms. The average molecular weight is 285 g/mol. The van der Waals surface area contributed by atoms with Crippen molar-refractivity contribution in [3.8, 4) is 0 Å². The van der Waals surface area contributed by atoms with Gasteiger partial charge in [0.05, 0.1) is 11.2 Å². The second-order valence-electron chi connectivity index (χ2n) is 5.72.